The van der Waals surface area contributed by atoms with Crippen molar-refractivity contribution in [3.8, 4) is 0 Å². The number of H-pyrrole nitrogens is 1. The van der Waals surface area contributed by atoms with Gasteiger partial charge in [-0.3, -0.25) is 0 Å². The van der Waals surface area contributed by atoms with Crippen LogP contribution < -0.4 is 10.6 Å². The van der Waals surface area contributed by atoms with E-state index in [-0.39, 0.29) is 5.82 Å². The molecular formula is C25H29FN6. The van der Waals surface area contributed by atoms with Gasteiger partial charge >= 0.3 is 0 Å². The number of aromatic nitrogens is 3. The van der Waals surface area contributed by atoms with Crippen LogP contribution in [-0.4, -0.2) is 33.6 Å². The van der Waals surface area contributed by atoms with Gasteiger partial charge in [-0.05, 0) is 55.2 Å². The van der Waals surface area contributed by atoms with Crippen LogP contribution >= 0.6 is 0 Å². The summed E-state index contributed by atoms with van der Waals surface area (Å²) in [5.74, 6) is 1.57. The Morgan fingerprint density at radius 1 is 1.16 bits per heavy atom. The molecular weight excluding hydrogens is 403 g/mol. The summed E-state index contributed by atoms with van der Waals surface area (Å²) in [5.41, 5.74) is 4.38. The van der Waals surface area contributed by atoms with Gasteiger partial charge in [0.2, 0.25) is 0 Å². The van der Waals surface area contributed by atoms with Crippen LogP contribution in [0.1, 0.15) is 29.4 Å². The first kappa shape index (κ1) is 21.6. The number of halogens is 1. The van der Waals surface area contributed by atoms with E-state index in [2.05, 4.69) is 56.4 Å². The maximum Gasteiger partial charge on any atom is 0.191 e. The van der Waals surface area contributed by atoms with Crippen molar-refractivity contribution in [2.75, 3.05) is 13.1 Å². The molecule has 0 fully saturated rings. The highest BCUT2D eigenvalue weighted by Crippen LogP contribution is 2.19. The molecule has 0 aliphatic rings. The number of fused-ring (bicyclic) bond motifs is 1. The third-order valence-electron chi connectivity index (χ3n) is 5.45. The van der Waals surface area contributed by atoms with Gasteiger partial charge in [-0.15, -0.1) is 0 Å². The van der Waals surface area contributed by atoms with Crippen LogP contribution in [0.25, 0.3) is 10.9 Å². The summed E-state index contributed by atoms with van der Waals surface area (Å²) in [4.78, 5) is 12.2. The predicted octanol–water partition coefficient (Wildman–Crippen LogP) is 4.16. The van der Waals surface area contributed by atoms with Crippen molar-refractivity contribution in [2.24, 2.45) is 4.99 Å². The minimum atomic E-state index is -0.227. The van der Waals surface area contributed by atoms with Gasteiger partial charge in [-0.2, -0.15) is 0 Å². The van der Waals surface area contributed by atoms with Gasteiger partial charge in [0.05, 0.1) is 6.54 Å². The van der Waals surface area contributed by atoms with Crippen LogP contribution in [0.15, 0.2) is 66.0 Å². The van der Waals surface area contributed by atoms with Crippen molar-refractivity contribution in [1.82, 2.24) is 25.2 Å². The van der Waals surface area contributed by atoms with Crippen molar-refractivity contribution in [1.29, 1.82) is 0 Å². The zero-order valence-corrected chi connectivity index (χ0v) is 18.5. The highest BCUT2D eigenvalue weighted by Gasteiger charge is 2.06. The Labute approximate surface area is 187 Å². The van der Waals surface area contributed by atoms with Crippen LogP contribution in [0.4, 0.5) is 4.39 Å². The van der Waals surface area contributed by atoms with Gasteiger partial charge in [-0.25, -0.2) is 14.4 Å². The number of imidazole rings is 1. The van der Waals surface area contributed by atoms with E-state index in [0.717, 1.165) is 59.9 Å². The Kier molecular flexibility index (Phi) is 6.84. The molecule has 3 N–H and O–H groups in total. The molecule has 0 atom stereocenters. The van der Waals surface area contributed by atoms with Gasteiger partial charge < -0.3 is 20.2 Å². The Morgan fingerprint density at radius 2 is 2.03 bits per heavy atom. The summed E-state index contributed by atoms with van der Waals surface area (Å²) < 4.78 is 15.5. The van der Waals surface area contributed by atoms with E-state index >= 15 is 0 Å². The maximum absolute atomic E-state index is 13.4. The molecule has 0 bridgehead atoms. The minimum Gasteiger partial charge on any atom is -0.361 e. The highest BCUT2D eigenvalue weighted by atomic mass is 19.1. The number of aliphatic imine (C=N–C) groups is 1. The Hall–Kier alpha value is -3.61. The monoisotopic (exact) mass is 432 g/mol. The average molecular weight is 433 g/mol. The molecule has 0 unspecified atom stereocenters. The molecule has 0 spiro atoms. The molecule has 2 aromatic carbocycles. The molecule has 0 saturated heterocycles. The fraction of sp³-hybridized carbons (Fsp3) is 0.280. The number of aromatic amines is 1. The van der Waals surface area contributed by atoms with Crippen molar-refractivity contribution in [3.63, 3.8) is 0 Å². The van der Waals surface area contributed by atoms with Crippen molar-refractivity contribution >= 4 is 16.9 Å². The zero-order chi connectivity index (χ0) is 22.3. The number of hydrogen-bond donors (Lipinski definition) is 3. The zero-order valence-electron chi connectivity index (χ0n) is 18.5. The largest absolute Gasteiger partial charge is 0.361 e. The lowest BCUT2D eigenvalue weighted by molar-refractivity contribution is 0.629. The fourth-order valence-corrected chi connectivity index (χ4v) is 3.79. The minimum absolute atomic E-state index is 0.227. The standard InChI is InChI=1S/C25H29FN6/c1-3-27-25(29-10-9-21-16-30-24-14-22(26)7-8-23(21)24)31-15-19-5-4-6-20(13-19)17-32-12-11-28-18(32)2/h4-8,11-14,16,30H,3,9-10,15,17H2,1-2H3,(H2,27,29,31). The van der Waals surface area contributed by atoms with E-state index < -0.39 is 0 Å². The second-order valence-corrected chi connectivity index (χ2v) is 7.80. The molecule has 0 saturated carbocycles. The summed E-state index contributed by atoms with van der Waals surface area (Å²) in [5, 5.41) is 7.76. The summed E-state index contributed by atoms with van der Waals surface area (Å²) in [7, 11) is 0. The van der Waals surface area contributed by atoms with E-state index in [1.54, 1.807) is 0 Å². The molecule has 2 heterocycles. The second kappa shape index (κ2) is 10.1. The molecule has 2 aromatic heterocycles. The Morgan fingerprint density at radius 3 is 2.84 bits per heavy atom. The third-order valence-corrected chi connectivity index (χ3v) is 5.45. The molecule has 0 aliphatic heterocycles. The molecule has 4 aromatic rings. The summed E-state index contributed by atoms with van der Waals surface area (Å²) >= 11 is 0. The maximum atomic E-state index is 13.4. The van der Waals surface area contributed by atoms with Crippen molar-refractivity contribution in [2.45, 2.75) is 33.4 Å². The first-order chi connectivity index (χ1) is 15.6. The van der Waals surface area contributed by atoms with Crippen molar-refractivity contribution < 1.29 is 4.39 Å². The first-order valence-corrected chi connectivity index (χ1v) is 11.0. The number of rotatable bonds is 8. The van der Waals surface area contributed by atoms with Gasteiger partial charge in [0, 0.05) is 49.1 Å². The molecule has 166 valence electrons. The Bertz CT molecular complexity index is 1210. The summed E-state index contributed by atoms with van der Waals surface area (Å²) in [6.45, 7) is 6.99. The molecule has 0 aliphatic carbocycles. The van der Waals surface area contributed by atoms with E-state index in [1.807, 2.05) is 31.6 Å². The number of hydrogen-bond acceptors (Lipinski definition) is 2. The fourth-order valence-electron chi connectivity index (χ4n) is 3.79. The van der Waals surface area contributed by atoms with Crippen molar-refractivity contribution in [3.05, 3.63) is 89.4 Å². The van der Waals surface area contributed by atoms with Crippen LogP contribution in [0, 0.1) is 12.7 Å². The quantitative estimate of drug-likeness (QED) is 0.289. The molecule has 4 rings (SSSR count). The van der Waals surface area contributed by atoms with Gasteiger partial charge in [0.1, 0.15) is 11.6 Å². The number of guanidine groups is 1. The molecule has 32 heavy (non-hydrogen) atoms. The predicted molar refractivity (Wildman–Crippen MR) is 127 cm³/mol. The second-order valence-electron chi connectivity index (χ2n) is 7.80. The van der Waals surface area contributed by atoms with Crippen LogP contribution in [0.2, 0.25) is 0 Å². The topological polar surface area (TPSA) is 70.0 Å². The van der Waals surface area contributed by atoms with E-state index in [4.69, 9.17) is 4.99 Å². The summed E-state index contributed by atoms with van der Waals surface area (Å²) in [6.07, 6.45) is 6.59. The molecule has 7 heteroatoms. The number of benzene rings is 2. The van der Waals surface area contributed by atoms with Crippen LogP contribution in [0.3, 0.4) is 0 Å². The number of nitrogens with zero attached hydrogens (tertiary/aromatic N) is 3. The lowest BCUT2D eigenvalue weighted by atomic mass is 10.1. The number of nitrogens with one attached hydrogen (secondary N) is 3. The third kappa shape index (κ3) is 5.35. The van der Waals surface area contributed by atoms with Crippen LogP contribution in [-0.2, 0) is 19.5 Å². The SMILES string of the molecule is CCNC(=NCc1cccc(Cn2ccnc2C)c1)NCCc1c[nH]c2cc(F)ccc12. The van der Waals surface area contributed by atoms with Crippen LogP contribution in [0.5, 0.6) is 0 Å². The van der Waals surface area contributed by atoms with Gasteiger partial charge in [0.25, 0.3) is 0 Å². The van der Waals surface area contributed by atoms with E-state index in [9.17, 15) is 4.39 Å². The number of aryl methyl sites for hydroxylation is 1. The first-order valence-electron chi connectivity index (χ1n) is 11.0. The Balaban J connectivity index is 1.36. The molecule has 0 amide bonds. The molecule has 6 nitrogen and oxygen atoms in total. The van der Waals surface area contributed by atoms with E-state index in [1.165, 1.54) is 17.7 Å². The molecule has 0 radical (unpaired) electrons. The summed E-state index contributed by atoms with van der Waals surface area (Å²) in [6, 6.07) is 13.4. The highest BCUT2D eigenvalue weighted by molar-refractivity contribution is 5.83. The van der Waals surface area contributed by atoms with Gasteiger partial charge in [0.15, 0.2) is 5.96 Å². The smallest absolute Gasteiger partial charge is 0.191 e. The van der Waals surface area contributed by atoms with Gasteiger partial charge in [-0.1, -0.05) is 24.3 Å². The lowest BCUT2D eigenvalue weighted by Gasteiger charge is -2.12. The average Bonchev–Trinajstić information content (AvgIpc) is 3.38. The van der Waals surface area contributed by atoms with E-state index in [0.29, 0.717) is 6.54 Å². The lowest BCUT2D eigenvalue weighted by Crippen LogP contribution is -2.38. The normalized spacial score (nSPS) is 11.8.